The van der Waals surface area contributed by atoms with Crippen molar-refractivity contribution in [3.8, 4) is 5.75 Å². The molecule has 0 aliphatic rings. The van der Waals surface area contributed by atoms with Gasteiger partial charge in [-0.25, -0.2) is 0 Å². The van der Waals surface area contributed by atoms with Gasteiger partial charge in [-0.15, -0.1) is 0 Å². The molecule has 1 rings (SSSR count). The maximum Gasteiger partial charge on any atom is 0.118 e. The van der Waals surface area contributed by atoms with Gasteiger partial charge in [-0.2, -0.15) is 0 Å². The second kappa shape index (κ2) is 6.54. The molecular weight excluding hydrogens is 198 g/mol. The van der Waals surface area contributed by atoms with E-state index in [2.05, 4.69) is 38.2 Å². The Morgan fingerprint density at radius 1 is 1.12 bits per heavy atom. The third-order valence-electron chi connectivity index (χ3n) is 3.09. The van der Waals surface area contributed by atoms with Crippen LogP contribution < -0.4 is 10.1 Å². The summed E-state index contributed by atoms with van der Waals surface area (Å²) in [5.41, 5.74) is 1.31. The molecule has 1 aromatic rings. The molecule has 0 aromatic heterocycles. The highest BCUT2D eigenvalue weighted by Crippen LogP contribution is 2.18. The number of hydrogen-bond acceptors (Lipinski definition) is 2. The molecule has 0 unspecified atom stereocenters. The second-order valence-corrected chi connectivity index (χ2v) is 4.17. The summed E-state index contributed by atoms with van der Waals surface area (Å²) in [6, 6.07) is 9.28. The maximum absolute atomic E-state index is 5.15. The lowest BCUT2D eigenvalue weighted by atomic mass is 10.1. The van der Waals surface area contributed by atoms with Gasteiger partial charge in [0.05, 0.1) is 7.11 Å². The van der Waals surface area contributed by atoms with Crippen molar-refractivity contribution in [3.05, 3.63) is 29.8 Å². The van der Waals surface area contributed by atoms with Crippen LogP contribution in [0.15, 0.2) is 24.3 Å². The number of nitrogens with one attached hydrogen (secondary N) is 1. The standard InChI is InChI=1S/C14H23NO/c1-5-13(6-2)15-11(3)12-7-9-14(16-4)10-8-12/h7-11,13,15H,5-6H2,1-4H3/t11-/m0/s1. The minimum Gasteiger partial charge on any atom is -0.497 e. The Kier molecular flexibility index (Phi) is 5.33. The molecule has 0 aliphatic carbocycles. The molecule has 0 radical (unpaired) electrons. The van der Waals surface area contributed by atoms with Crippen LogP contribution in [0.2, 0.25) is 0 Å². The molecule has 2 heteroatoms. The molecule has 0 heterocycles. The van der Waals surface area contributed by atoms with Crippen molar-refractivity contribution in [1.82, 2.24) is 5.32 Å². The lowest BCUT2D eigenvalue weighted by Gasteiger charge is -2.21. The first-order valence-electron chi connectivity index (χ1n) is 6.11. The Balaban J connectivity index is 2.61. The average Bonchev–Trinajstić information content (AvgIpc) is 2.35. The summed E-state index contributed by atoms with van der Waals surface area (Å²) in [5, 5.41) is 3.63. The lowest BCUT2D eigenvalue weighted by molar-refractivity contribution is 0.413. The van der Waals surface area contributed by atoms with Crippen molar-refractivity contribution in [2.45, 2.75) is 45.7 Å². The van der Waals surface area contributed by atoms with Gasteiger partial charge >= 0.3 is 0 Å². The molecule has 1 atom stereocenters. The average molecular weight is 221 g/mol. The van der Waals surface area contributed by atoms with Crippen molar-refractivity contribution in [2.24, 2.45) is 0 Å². The normalized spacial score (nSPS) is 12.8. The predicted octanol–water partition coefficient (Wildman–Crippen LogP) is 3.53. The van der Waals surface area contributed by atoms with Crippen molar-refractivity contribution in [2.75, 3.05) is 7.11 Å². The van der Waals surface area contributed by atoms with Crippen LogP contribution in [0, 0.1) is 0 Å². The summed E-state index contributed by atoms with van der Waals surface area (Å²) in [6.07, 6.45) is 2.36. The van der Waals surface area contributed by atoms with Crippen LogP contribution in [0.1, 0.15) is 45.2 Å². The lowest BCUT2D eigenvalue weighted by Crippen LogP contribution is -2.30. The van der Waals surface area contributed by atoms with Gasteiger partial charge in [0.1, 0.15) is 5.75 Å². The van der Waals surface area contributed by atoms with E-state index in [4.69, 9.17) is 4.74 Å². The molecule has 0 amide bonds. The van der Waals surface area contributed by atoms with Gasteiger partial charge in [0, 0.05) is 12.1 Å². The Hall–Kier alpha value is -1.02. The smallest absolute Gasteiger partial charge is 0.118 e. The summed E-state index contributed by atoms with van der Waals surface area (Å²) in [4.78, 5) is 0. The molecule has 0 spiro atoms. The fourth-order valence-corrected chi connectivity index (χ4v) is 1.87. The summed E-state index contributed by atoms with van der Waals surface area (Å²) in [7, 11) is 1.70. The SMILES string of the molecule is CCC(CC)N[C@@H](C)c1ccc(OC)cc1. The third-order valence-corrected chi connectivity index (χ3v) is 3.09. The zero-order valence-corrected chi connectivity index (χ0v) is 10.8. The van der Waals surface area contributed by atoms with Crippen LogP contribution in [0.5, 0.6) is 5.75 Å². The van der Waals surface area contributed by atoms with E-state index < -0.39 is 0 Å². The highest BCUT2D eigenvalue weighted by molar-refractivity contribution is 5.28. The summed E-state index contributed by atoms with van der Waals surface area (Å²) in [5.74, 6) is 0.915. The van der Waals surface area contributed by atoms with Gasteiger partial charge in [0.2, 0.25) is 0 Å². The van der Waals surface area contributed by atoms with E-state index in [1.165, 1.54) is 18.4 Å². The van der Waals surface area contributed by atoms with Crippen LogP contribution in [-0.2, 0) is 0 Å². The van der Waals surface area contributed by atoms with Crippen molar-refractivity contribution < 1.29 is 4.74 Å². The Labute approximate surface area is 99.0 Å². The zero-order valence-electron chi connectivity index (χ0n) is 10.8. The minimum atomic E-state index is 0.399. The highest BCUT2D eigenvalue weighted by Gasteiger charge is 2.09. The van der Waals surface area contributed by atoms with Crippen molar-refractivity contribution in [3.63, 3.8) is 0 Å². The quantitative estimate of drug-likeness (QED) is 0.793. The van der Waals surface area contributed by atoms with E-state index in [1.807, 2.05) is 12.1 Å². The van der Waals surface area contributed by atoms with E-state index in [1.54, 1.807) is 7.11 Å². The molecule has 0 saturated carbocycles. The van der Waals surface area contributed by atoms with E-state index in [9.17, 15) is 0 Å². The minimum absolute atomic E-state index is 0.399. The number of benzene rings is 1. The molecule has 0 bridgehead atoms. The first kappa shape index (κ1) is 13.0. The van der Waals surface area contributed by atoms with Gasteiger partial charge in [0.15, 0.2) is 0 Å². The monoisotopic (exact) mass is 221 g/mol. The largest absolute Gasteiger partial charge is 0.497 e. The number of methoxy groups -OCH3 is 1. The molecule has 16 heavy (non-hydrogen) atoms. The molecular formula is C14H23NO. The van der Waals surface area contributed by atoms with Crippen LogP contribution in [0.4, 0.5) is 0 Å². The Bertz CT molecular complexity index is 290. The third kappa shape index (κ3) is 3.53. The van der Waals surface area contributed by atoms with Gasteiger partial charge in [0.25, 0.3) is 0 Å². The first-order chi connectivity index (χ1) is 7.71. The van der Waals surface area contributed by atoms with Crippen LogP contribution in [0.3, 0.4) is 0 Å². The molecule has 0 fully saturated rings. The number of ether oxygens (including phenoxy) is 1. The van der Waals surface area contributed by atoms with Gasteiger partial charge in [-0.1, -0.05) is 26.0 Å². The molecule has 1 aromatic carbocycles. The highest BCUT2D eigenvalue weighted by atomic mass is 16.5. The van der Waals surface area contributed by atoms with Crippen molar-refractivity contribution in [1.29, 1.82) is 0 Å². The molecule has 2 nitrogen and oxygen atoms in total. The van der Waals surface area contributed by atoms with Crippen LogP contribution >= 0.6 is 0 Å². The molecule has 90 valence electrons. The van der Waals surface area contributed by atoms with Crippen LogP contribution in [-0.4, -0.2) is 13.2 Å². The van der Waals surface area contributed by atoms with Crippen molar-refractivity contribution >= 4 is 0 Å². The fourth-order valence-electron chi connectivity index (χ4n) is 1.87. The maximum atomic E-state index is 5.15. The zero-order chi connectivity index (χ0) is 12.0. The summed E-state index contributed by atoms with van der Waals surface area (Å²) in [6.45, 7) is 6.66. The van der Waals surface area contributed by atoms with Crippen LogP contribution in [0.25, 0.3) is 0 Å². The van der Waals surface area contributed by atoms with E-state index in [0.717, 1.165) is 5.75 Å². The Morgan fingerprint density at radius 2 is 1.69 bits per heavy atom. The molecule has 1 N–H and O–H groups in total. The topological polar surface area (TPSA) is 21.3 Å². The molecule has 0 aliphatic heterocycles. The van der Waals surface area contributed by atoms with E-state index in [0.29, 0.717) is 12.1 Å². The van der Waals surface area contributed by atoms with Gasteiger partial charge in [-0.05, 0) is 37.5 Å². The number of rotatable bonds is 6. The first-order valence-corrected chi connectivity index (χ1v) is 6.11. The fraction of sp³-hybridized carbons (Fsp3) is 0.571. The van der Waals surface area contributed by atoms with Gasteiger partial charge in [-0.3, -0.25) is 0 Å². The Morgan fingerprint density at radius 3 is 2.12 bits per heavy atom. The summed E-state index contributed by atoms with van der Waals surface area (Å²) < 4.78 is 5.15. The number of hydrogen-bond donors (Lipinski definition) is 1. The summed E-state index contributed by atoms with van der Waals surface area (Å²) >= 11 is 0. The second-order valence-electron chi connectivity index (χ2n) is 4.17. The van der Waals surface area contributed by atoms with Gasteiger partial charge < -0.3 is 10.1 Å². The predicted molar refractivity (Wildman–Crippen MR) is 68.9 cm³/mol. The van der Waals surface area contributed by atoms with E-state index in [-0.39, 0.29) is 0 Å². The molecule has 0 saturated heterocycles. The van der Waals surface area contributed by atoms with E-state index >= 15 is 0 Å².